The third kappa shape index (κ3) is 13.5. The van der Waals surface area contributed by atoms with Crippen LogP contribution in [0.4, 0.5) is 0 Å². The van der Waals surface area contributed by atoms with Crippen molar-refractivity contribution in [2.45, 2.75) is 70.6 Å². The lowest BCUT2D eigenvalue weighted by atomic mass is 10.1. The van der Waals surface area contributed by atoms with Crippen LogP contribution >= 0.6 is 0 Å². The quantitative estimate of drug-likeness (QED) is 0.286. The highest BCUT2D eigenvalue weighted by molar-refractivity contribution is 4.81. The predicted octanol–water partition coefficient (Wildman–Crippen LogP) is 5.85. The smallest absolute Gasteiger partial charge is 0.0351 e. The van der Waals surface area contributed by atoms with E-state index < -0.39 is 0 Å². The number of hydrogen-bond acceptors (Lipinski definition) is 0. The maximum absolute atomic E-state index is 3.85. The standard InChI is InChI=1S/C16H29/c1-3-5-7-9-11-13-15-16-14-12-10-8-6-4-2/h3,14,16H,1-2,4-13,15H2. The fraction of sp³-hybridized carbons (Fsp3) is 0.688. The summed E-state index contributed by atoms with van der Waals surface area (Å²) in [7, 11) is 0. The molecule has 0 aromatic heterocycles. The molecule has 0 atom stereocenters. The van der Waals surface area contributed by atoms with Crippen molar-refractivity contribution in [1.82, 2.24) is 0 Å². The molecule has 1 radical (unpaired) electrons. The zero-order chi connectivity index (χ0) is 11.9. The van der Waals surface area contributed by atoms with Gasteiger partial charge in [0.2, 0.25) is 0 Å². The first kappa shape index (κ1) is 15.5. The molecule has 0 spiro atoms. The maximum atomic E-state index is 3.85. The second-order valence-electron chi connectivity index (χ2n) is 4.45. The highest BCUT2D eigenvalue weighted by Crippen LogP contribution is 2.07. The van der Waals surface area contributed by atoms with Gasteiger partial charge in [-0.25, -0.2) is 0 Å². The summed E-state index contributed by atoms with van der Waals surface area (Å²) in [6.07, 6.45) is 20.9. The Hall–Kier alpha value is -0.520. The van der Waals surface area contributed by atoms with Crippen molar-refractivity contribution < 1.29 is 0 Å². The normalized spacial score (nSPS) is 11.1. The van der Waals surface area contributed by atoms with Gasteiger partial charge in [-0.05, 0) is 38.5 Å². The molecule has 0 saturated heterocycles. The topological polar surface area (TPSA) is 0 Å². The minimum Gasteiger partial charge on any atom is -0.103 e. The van der Waals surface area contributed by atoms with Gasteiger partial charge in [0.1, 0.15) is 0 Å². The van der Waals surface area contributed by atoms with Gasteiger partial charge < -0.3 is 0 Å². The molecule has 0 fully saturated rings. The zero-order valence-corrected chi connectivity index (χ0v) is 10.9. The van der Waals surface area contributed by atoms with Crippen molar-refractivity contribution in [1.29, 1.82) is 0 Å². The van der Waals surface area contributed by atoms with E-state index in [0.29, 0.717) is 0 Å². The Balaban J connectivity index is 3.00. The van der Waals surface area contributed by atoms with Gasteiger partial charge in [0.15, 0.2) is 0 Å². The molecule has 0 aliphatic heterocycles. The molecule has 0 saturated carbocycles. The molecule has 0 rings (SSSR count). The molecular formula is C16H29. The van der Waals surface area contributed by atoms with Crippen LogP contribution in [-0.2, 0) is 0 Å². The Morgan fingerprint density at radius 2 is 1.12 bits per heavy atom. The molecule has 0 nitrogen and oxygen atoms in total. The lowest BCUT2D eigenvalue weighted by Crippen LogP contribution is -1.77. The van der Waals surface area contributed by atoms with Gasteiger partial charge in [0.05, 0.1) is 0 Å². The molecule has 16 heavy (non-hydrogen) atoms. The van der Waals surface area contributed by atoms with E-state index in [-0.39, 0.29) is 0 Å². The molecule has 0 bridgehead atoms. The summed E-state index contributed by atoms with van der Waals surface area (Å²) in [4.78, 5) is 0. The first-order valence-electron chi connectivity index (χ1n) is 6.97. The number of unbranched alkanes of at least 4 members (excludes halogenated alkanes) is 9. The molecule has 0 unspecified atom stereocenters. The predicted molar refractivity (Wildman–Crippen MR) is 75.5 cm³/mol. The van der Waals surface area contributed by atoms with Crippen LogP contribution in [-0.4, -0.2) is 0 Å². The minimum atomic E-state index is 1.09. The Labute approximate surface area is 103 Å². The molecule has 0 aliphatic rings. The van der Waals surface area contributed by atoms with E-state index in [9.17, 15) is 0 Å². The molecule has 0 aromatic rings. The van der Waals surface area contributed by atoms with Crippen molar-refractivity contribution >= 4 is 0 Å². The van der Waals surface area contributed by atoms with Crippen LogP contribution in [0.1, 0.15) is 70.6 Å². The van der Waals surface area contributed by atoms with E-state index in [1.54, 1.807) is 0 Å². The van der Waals surface area contributed by atoms with Crippen LogP contribution in [0.25, 0.3) is 0 Å². The zero-order valence-electron chi connectivity index (χ0n) is 10.9. The summed E-state index contributed by atoms with van der Waals surface area (Å²) in [5, 5.41) is 0. The summed E-state index contributed by atoms with van der Waals surface area (Å²) in [5.74, 6) is 0. The Morgan fingerprint density at radius 3 is 1.62 bits per heavy atom. The SMILES string of the molecule is [CH2]CCCCCC=CCCCCCCC=C. The summed E-state index contributed by atoms with van der Waals surface area (Å²) >= 11 is 0. The molecular weight excluding hydrogens is 192 g/mol. The summed E-state index contributed by atoms with van der Waals surface area (Å²) < 4.78 is 0. The van der Waals surface area contributed by atoms with E-state index in [1.807, 2.05) is 6.08 Å². The lowest BCUT2D eigenvalue weighted by Gasteiger charge is -1.97. The Bertz CT molecular complexity index is 155. The fourth-order valence-electron chi connectivity index (χ4n) is 1.76. The van der Waals surface area contributed by atoms with E-state index in [0.717, 1.165) is 6.42 Å². The van der Waals surface area contributed by atoms with Crippen molar-refractivity contribution in [2.24, 2.45) is 0 Å². The maximum Gasteiger partial charge on any atom is -0.0351 e. The molecule has 0 heterocycles. The molecule has 0 heteroatoms. The van der Waals surface area contributed by atoms with Crippen LogP contribution in [0.15, 0.2) is 24.8 Å². The molecule has 0 aromatic carbocycles. The van der Waals surface area contributed by atoms with Gasteiger partial charge in [0, 0.05) is 0 Å². The van der Waals surface area contributed by atoms with Crippen LogP contribution < -0.4 is 0 Å². The lowest BCUT2D eigenvalue weighted by molar-refractivity contribution is 0.651. The molecule has 93 valence electrons. The van der Waals surface area contributed by atoms with Crippen LogP contribution in [0, 0.1) is 6.92 Å². The summed E-state index contributed by atoms with van der Waals surface area (Å²) in [5.41, 5.74) is 0. The number of allylic oxidation sites excluding steroid dienone is 3. The average Bonchev–Trinajstić information content (AvgIpc) is 2.31. The summed E-state index contributed by atoms with van der Waals surface area (Å²) in [6.45, 7) is 7.58. The van der Waals surface area contributed by atoms with Crippen LogP contribution in [0.2, 0.25) is 0 Å². The van der Waals surface area contributed by atoms with Gasteiger partial charge in [-0.3, -0.25) is 0 Å². The highest BCUT2D eigenvalue weighted by atomic mass is 13.9. The average molecular weight is 221 g/mol. The second-order valence-corrected chi connectivity index (χ2v) is 4.45. The Morgan fingerprint density at radius 1 is 0.625 bits per heavy atom. The van der Waals surface area contributed by atoms with E-state index >= 15 is 0 Å². The van der Waals surface area contributed by atoms with Crippen LogP contribution in [0.5, 0.6) is 0 Å². The van der Waals surface area contributed by atoms with Gasteiger partial charge in [-0.1, -0.05) is 57.3 Å². The van der Waals surface area contributed by atoms with Crippen molar-refractivity contribution in [2.75, 3.05) is 0 Å². The van der Waals surface area contributed by atoms with E-state index in [2.05, 4.69) is 25.7 Å². The van der Waals surface area contributed by atoms with E-state index in [4.69, 9.17) is 0 Å². The first-order valence-corrected chi connectivity index (χ1v) is 6.97. The van der Waals surface area contributed by atoms with Gasteiger partial charge in [-0.2, -0.15) is 0 Å². The molecule has 0 aliphatic carbocycles. The number of rotatable bonds is 12. The minimum absolute atomic E-state index is 1.09. The Kier molecular flexibility index (Phi) is 14.0. The van der Waals surface area contributed by atoms with Crippen LogP contribution in [0.3, 0.4) is 0 Å². The first-order chi connectivity index (χ1) is 7.91. The van der Waals surface area contributed by atoms with Crippen molar-refractivity contribution in [3.05, 3.63) is 31.7 Å². The summed E-state index contributed by atoms with van der Waals surface area (Å²) in [6, 6.07) is 0. The molecule has 0 N–H and O–H groups in total. The highest BCUT2D eigenvalue weighted by Gasteiger charge is 1.87. The van der Waals surface area contributed by atoms with Crippen molar-refractivity contribution in [3.8, 4) is 0 Å². The monoisotopic (exact) mass is 221 g/mol. The van der Waals surface area contributed by atoms with Gasteiger partial charge in [-0.15, -0.1) is 6.58 Å². The third-order valence-electron chi connectivity index (χ3n) is 2.82. The number of hydrogen-bond donors (Lipinski definition) is 0. The van der Waals surface area contributed by atoms with Gasteiger partial charge >= 0.3 is 0 Å². The third-order valence-corrected chi connectivity index (χ3v) is 2.82. The largest absolute Gasteiger partial charge is 0.103 e. The molecule has 0 amide bonds. The van der Waals surface area contributed by atoms with Crippen molar-refractivity contribution in [3.63, 3.8) is 0 Å². The van der Waals surface area contributed by atoms with E-state index in [1.165, 1.54) is 64.2 Å². The fourth-order valence-corrected chi connectivity index (χ4v) is 1.76. The van der Waals surface area contributed by atoms with Gasteiger partial charge in [0.25, 0.3) is 0 Å². The second kappa shape index (κ2) is 14.5.